The van der Waals surface area contributed by atoms with Crippen LogP contribution in [0.4, 0.5) is 9.93 Å². The van der Waals surface area contributed by atoms with Gasteiger partial charge in [0.05, 0.1) is 0 Å². The number of thiazole rings is 1. The molecular formula is C23H22Cl2N6O5S. The number of anilines is 1. The van der Waals surface area contributed by atoms with E-state index in [9.17, 15) is 14.4 Å². The van der Waals surface area contributed by atoms with Crippen LogP contribution in [0.5, 0.6) is 5.75 Å². The molecule has 3 aromatic rings. The molecule has 4 amide bonds. The van der Waals surface area contributed by atoms with E-state index in [4.69, 9.17) is 33.1 Å². The van der Waals surface area contributed by atoms with Gasteiger partial charge < -0.3 is 15.0 Å². The lowest BCUT2D eigenvalue weighted by Crippen LogP contribution is -2.55. The number of nitrogens with one attached hydrogen (secondary N) is 3. The molecule has 4 N–H and O–H groups in total. The lowest BCUT2D eigenvalue weighted by molar-refractivity contribution is -0.143. The van der Waals surface area contributed by atoms with Crippen LogP contribution in [0.25, 0.3) is 0 Å². The van der Waals surface area contributed by atoms with E-state index in [1.807, 2.05) is 0 Å². The van der Waals surface area contributed by atoms with Gasteiger partial charge in [-0.1, -0.05) is 35.3 Å². The summed E-state index contributed by atoms with van der Waals surface area (Å²) in [5, 5.41) is 17.0. The van der Waals surface area contributed by atoms with E-state index >= 15 is 0 Å². The maximum atomic E-state index is 13.6. The second-order valence-corrected chi connectivity index (χ2v) is 9.83. The van der Waals surface area contributed by atoms with Crippen LogP contribution in [0.15, 0.2) is 48.0 Å². The minimum absolute atomic E-state index is 0.173. The van der Waals surface area contributed by atoms with Crippen molar-refractivity contribution in [2.24, 2.45) is 0 Å². The molecule has 2 aromatic heterocycles. The number of carbonyl (C=O) groups excluding carboxylic acids is 3. The second-order valence-electron chi connectivity index (χ2n) is 8.16. The first-order valence-corrected chi connectivity index (χ1v) is 12.6. The standard InChI is InChI=1S/C23H22Cl2N6O5S/c1-13(19(32)30-35)31-8-6-23(20(31)33,29-21(34)28-22-26-7-9-37-22)15-2-4-16(5-3-15)36-12-14-10-17(24)27-18(25)11-14/h2-5,7,9-11,13,35H,6,8,12H2,1H3,(H,30,32)(H2,26,28,29,34)/t13?,23-/m1/s1. The maximum Gasteiger partial charge on any atom is 0.322 e. The first-order valence-electron chi connectivity index (χ1n) is 11.0. The van der Waals surface area contributed by atoms with Crippen LogP contribution in [-0.4, -0.2) is 50.5 Å². The Hall–Kier alpha value is -3.45. The van der Waals surface area contributed by atoms with Gasteiger partial charge in [-0.05, 0) is 42.3 Å². The second kappa shape index (κ2) is 11.3. The van der Waals surface area contributed by atoms with Gasteiger partial charge in [-0.25, -0.2) is 20.2 Å². The molecule has 11 nitrogen and oxygen atoms in total. The number of hydrogen-bond donors (Lipinski definition) is 4. The zero-order valence-electron chi connectivity index (χ0n) is 19.4. The quantitative estimate of drug-likeness (QED) is 0.186. The number of hydroxylamine groups is 1. The molecule has 1 aliphatic rings. The number of halogens is 2. The predicted molar refractivity (Wildman–Crippen MR) is 137 cm³/mol. The molecule has 3 heterocycles. The van der Waals surface area contributed by atoms with Crippen molar-refractivity contribution in [2.45, 2.75) is 31.5 Å². The number of pyridine rings is 1. The Balaban J connectivity index is 1.56. The summed E-state index contributed by atoms with van der Waals surface area (Å²) in [7, 11) is 0. The highest BCUT2D eigenvalue weighted by Gasteiger charge is 2.51. The number of likely N-dealkylation sites (tertiary alicyclic amines) is 1. The van der Waals surface area contributed by atoms with Crippen LogP contribution < -0.4 is 20.9 Å². The van der Waals surface area contributed by atoms with E-state index in [-0.39, 0.29) is 29.9 Å². The van der Waals surface area contributed by atoms with Gasteiger partial charge in [-0.15, -0.1) is 11.3 Å². The number of benzene rings is 1. The minimum atomic E-state index is -1.46. The van der Waals surface area contributed by atoms with Gasteiger partial charge in [0, 0.05) is 24.5 Å². The highest BCUT2D eigenvalue weighted by Crippen LogP contribution is 2.36. The van der Waals surface area contributed by atoms with E-state index in [1.54, 1.807) is 53.5 Å². The first kappa shape index (κ1) is 26.6. The fourth-order valence-corrected chi connectivity index (χ4v) is 5.04. The summed E-state index contributed by atoms with van der Waals surface area (Å²) in [5.41, 5.74) is 1.32. The summed E-state index contributed by atoms with van der Waals surface area (Å²) in [6.07, 6.45) is 1.73. The van der Waals surface area contributed by atoms with Crippen LogP contribution >= 0.6 is 34.5 Å². The van der Waals surface area contributed by atoms with Crippen molar-refractivity contribution in [1.82, 2.24) is 25.7 Å². The van der Waals surface area contributed by atoms with Gasteiger partial charge in [0.25, 0.3) is 11.8 Å². The topological polar surface area (TPSA) is 146 Å². The monoisotopic (exact) mass is 564 g/mol. The number of carbonyl (C=O) groups is 3. The highest BCUT2D eigenvalue weighted by molar-refractivity contribution is 7.13. The molecule has 37 heavy (non-hydrogen) atoms. The molecule has 0 aliphatic carbocycles. The van der Waals surface area contributed by atoms with Gasteiger partial charge in [0.2, 0.25) is 0 Å². The highest BCUT2D eigenvalue weighted by atomic mass is 35.5. The molecule has 0 bridgehead atoms. The van der Waals surface area contributed by atoms with Crippen molar-refractivity contribution in [2.75, 3.05) is 11.9 Å². The van der Waals surface area contributed by atoms with Crippen LogP contribution in [0, 0.1) is 0 Å². The van der Waals surface area contributed by atoms with Gasteiger partial charge in [0.1, 0.15) is 34.2 Å². The van der Waals surface area contributed by atoms with Gasteiger partial charge in [-0.3, -0.25) is 20.1 Å². The molecule has 1 aliphatic heterocycles. The molecular weight excluding hydrogens is 543 g/mol. The molecule has 1 unspecified atom stereocenters. The van der Waals surface area contributed by atoms with Crippen LogP contribution in [0.2, 0.25) is 10.3 Å². The molecule has 1 fully saturated rings. The molecule has 0 spiro atoms. The summed E-state index contributed by atoms with van der Waals surface area (Å²) in [4.78, 5) is 47.7. The Morgan fingerprint density at radius 1 is 1.24 bits per heavy atom. The fourth-order valence-electron chi connectivity index (χ4n) is 4.01. The molecule has 2 atom stereocenters. The summed E-state index contributed by atoms with van der Waals surface area (Å²) >= 11 is 13.1. The van der Waals surface area contributed by atoms with Crippen molar-refractivity contribution < 1.29 is 24.3 Å². The number of amides is 4. The Bertz CT molecular complexity index is 1270. The number of ether oxygens (including phenoxy) is 1. The zero-order valence-corrected chi connectivity index (χ0v) is 21.7. The van der Waals surface area contributed by atoms with E-state index in [0.29, 0.717) is 16.4 Å². The van der Waals surface area contributed by atoms with E-state index in [0.717, 1.165) is 5.56 Å². The van der Waals surface area contributed by atoms with Crippen LogP contribution in [0.1, 0.15) is 24.5 Å². The number of urea groups is 1. The Morgan fingerprint density at radius 2 is 1.95 bits per heavy atom. The van der Waals surface area contributed by atoms with Crippen molar-refractivity contribution in [3.05, 3.63) is 69.4 Å². The average molecular weight is 565 g/mol. The van der Waals surface area contributed by atoms with Crippen LogP contribution in [0.3, 0.4) is 0 Å². The predicted octanol–water partition coefficient (Wildman–Crippen LogP) is 3.57. The van der Waals surface area contributed by atoms with Crippen LogP contribution in [-0.2, 0) is 21.7 Å². The SMILES string of the molecule is CC(C(=O)NO)N1CC[C@@](NC(=O)Nc2nccs2)(c2ccc(OCc3cc(Cl)nc(Cl)c3)cc2)C1=O. The van der Waals surface area contributed by atoms with Crippen molar-refractivity contribution >= 4 is 57.5 Å². The summed E-state index contributed by atoms with van der Waals surface area (Å²) < 4.78 is 5.81. The first-order chi connectivity index (χ1) is 17.7. The number of rotatable bonds is 8. The maximum absolute atomic E-state index is 13.6. The Morgan fingerprint density at radius 3 is 2.57 bits per heavy atom. The average Bonchev–Trinajstić information content (AvgIpc) is 3.50. The third-order valence-corrected chi connectivity index (χ3v) is 6.94. The number of nitrogens with zero attached hydrogens (tertiary/aromatic N) is 3. The van der Waals surface area contributed by atoms with E-state index in [2.05, 4.69) is 20.6 Å². The molecule has 0 saturated carbocycles. The molecule has 0 radical (unpaired) electrons. The van der Waals surface area contributed by atoms with E-state index in [1.165, 1.54) is 23.2 Å². The van der Waals surface area contributed by atoms with Gasteiger partial charge in [0.15, 0.2) is 5.13 Å². The lowest BCUT2D eigenvalue weighted by atomic mass is 9.88. The third kappa shape index (κ3) is 5.93. The summed E-state index contributed by atoms with van der Waals surface area (Å²) in [6, 6.07) is 8.37. The van der Waals surface area contributed by atoms with Crippen molar-refractivity contribution in [1.29, 1.82) is 0 Å². The fraction of sp³-hybridized carbons (Fsp3) is 0.261. The molecule has 4 rings (SSSR count). The molecule has 194 valence electrons. The normalized spacial score (nSPS) is 17.8. The summed E-state index contributed by atoms with van der Waals surface area (Å²) in [5.74, 6) is -0.727. The lowest BCUT2D eigenvalue weighted by Gasteiger charge is -2.31. The number of aromatic nitrogens is 2. The third-order valence-electron chi connectivity index (χ3n) is 5.87. The summed E-state index contributed by atoms with van der Waals surface area (Å²) in [6.45, 7) is 1.85. The zero-order chi connectivity index (χ0) is 26.6. The largest absolute Gasteiger partial charge is 0.489 e. The molecule has 1 saturated heterocycles. The Kier molecular flexibility index (Phi) is 8.13. The molecule has 1 aromatic carbocycles. The van der Waals surface area contributed by atoms with Gasteiger partial charge >= 0.3 is 6.03 Å². The Labute approximate surface area is 225 Å². The van der Waals surface area contributed by atoms with Crippen molar-refractivity contribution in [3.8, 4) is 5.75 Å². The molecule has 14 heteroatoms. The smallest absolute Gasteiger partial charge is 0.322 e. The van der Waals surface area contributed by atoms with E-state index < -0.39 is 29.4 Å². The van der Waals surface area contributed by atoms with Gasteiger partial charge in [-0.2, -0.15) is 0 Å². The number of hydrogen-bond acceptors (Lipinski definition) is 8. The minimum Gasteiger partial charge on any atom is -0.489 e. The van der Waals surface area contributed by atoms with Crippen molar-refractivity contribution in [3.63, 3.8) is 0 Å².